The molecule has 19 heavy (non-hydrogen) atoms. The van der Waals surface area contributed by atoms with E-state index in [0.29, 0.717) is 13.0 Å². The fourth-order valence-corrected chi connectivity index (χ4v) is 2.17. The van der Waals surface area contributed by atoms with Crippen LogP contribution in [0.3, 0.4) is 0 Å². The van der Waals surface area contributed by atoms with Crippen LogP contribution in [0.15, 0.2) is 22.8 Å². The van der Waals surface area contributed by atoms with E-state index in [9.17, 15) is 9.59 Å². The lowest BCUT2D eigenvalue weighted by Crippen LogP contribution is -2.43. The lowest BCUT2D eigenvalue weighted by molar-refractivity contribution is -0.159. The SMILES string of the molecule is CC(C)(C)OC(=O)[C@@H]1CCCN1C(=O)c1ccco1. The van der Waals surface area contributed by atoms with Gasteiger partial charge >= 0.3 is 5.97 Å². The third-order valence-electron chi connectivity index (χ3n) is 2.92. The predicted molar refractivity (Wildman–Crippen MR) is 68.6 cm³/mol. The summed E-state index contributed by atoms with van der Waals surface area (Å²) in [5.41, 5.74) is -0.543. The first kappa shape index (κ1) is 13.6. The normalized spacial score (nSPS) is 19.5. The molecule has 0 N–H and O–H groups in total. The van der Waals surface area contributed by atoms with Gasteiger partial charge < -0.3 is 14.1 Å². The van der Waals surface area contributed by atoms with Gasteiger partial charge in [0.05, 0.1) is 6.26 Å². The molecule has 1 atom stereocenters. The van der Waals surface area contributed by atoms with Crippen LogP contribution in [-0.2, 0) is 9.53 Å². The van der Waals surface area contributed by atoms with Crippen molar-refractivity contribution in [3.8, 4) is 0 Å². The maximum absolute atomic E-state index is 12.2. The Kier molecular flexibility index (Phi) is 3.64. The van der Waals surface area contributed by atoms with Gasteiger partial charge in [0, 0.05) is 6.54 Å². The lowest BCUT2D eigenvalue weighted by Gasteiger charge is -2.26. The number of carbonyl (C=O) groups excluding carboxylic acids is 2. The molecule has 1 amide bonds. The van der Waals surface area contributed by atoms with E-state index < -0.39 is 11.6 Å². The van der Waals surface area contributed by atoms with Crippen LogP contribution in [0, 0.1) is 0 Å². The number of hydrogen-bond acceptors (Lipinski definition) is 4. The molecule has 0 bridgehead atoms. The molecule has 5 nitrogen and oxygen atoms in total. The number of amides is 1. The quantitative estimate of drug-likeness (QED) is 0.769. The van der Waals surface area contributed by atoms with Crippen molar-refractivity contribution in [3.05, 3.63) is 24.2 Å². The van der Waals surface area contributed by atoms with Gasteiger partial charge in [-0.3, -0.25) is 4.79 Å². The molecule has 1 aliphatic rings. The smallest absolute Gasteiger partial charge is 0.329 e. The number of furan rings is 1. The Morgan fingerprint density at radius 2 is 2.16 bits per heavy atom. The van der Waals surface area contributed by atoms with E-state index in [1.807, 2.05) is 20.8 Å². The molecule has 104 valence electrons. The van der Waals surface area contributed by atoms with Crippen LogP contribution >= 0.6 is 0 Å². The average molecular weight is 265 g/mol. The molecule has 0 aromatic carbocycles. The molecular weight excluding hydrogens is 246 g/mol. The molecule has 5 heteroatoms. The van der Waals surface area contributed by atoms with Gasteiger partial charge in [-0.25, -0.2) is 4.79 Å². The van der Waals surface area contributed by atoms with Crippen molar-refractivity contribution in [1.82, 2.24) is 4.90 Å². The van der Waals surface area contributed by atoms with Gasteiger partial charge in [0.15, 0.2) is 5.76 Å². The highest BCUT2D eigenvalue weighted by Crippen LogP contribution is 2.23. The van der Waals surface area contributed by atoms with Gasteiger partial charge in [-0.1, -0.05) is 0 Å². The molecule has 0 saturated carbocycles. The Balaban J connectivity index is 2.09. The average Bonchev–Trinajstić information content (AvgIpc) is 2.97. The first-order valence-corrected chi connectivity index (χ1v) is 6.46. The number of esters is 1. The molecule has 1 fully saturated rings. The number of nitrogens with zero attached hydrogens (tertiary/aromatic N) is 1. The first-order valence-electron chi connectivity index (χ1n) is 6.46. The number of likely N-dealkylation sites (tertiary alicyclic amines) is 1. The Morgan fingerprint density at radius 3 is 2.74 bits per heavy atom. The third-order valence-corrected chi connectivity index (χ3v) is 2.92. The highest BCUT2D eigenvalue weighted by molar-refractivity contribution is 5.95. The summed E-state index contributed by atoms with van der Waals surface area (Å²) in [7, 11) is 0. The van der Waals surface area contributed by atoms with Gasteiger partial charge in [-0.15, -0.1) is 0 Å². The van der Waals surface area contributed by atoms with E-state index in [1.165, 1.54) is 11.2 Å². The van der Waals surface area contributed by atoms with Crippen molar-refractivity contribution in [2.45, 2.75) is 45.3 Å². The summed E-state index contributed by atoms with van der Waals surface area (Å²) >= 11 is 0. The van der Waals surface area contributed by atoms with Crippen molar-refractivity contribution in [1.29, 1.82) is 0 Å². The minimum atomic E-state index is -0.543. The molecule has 1 aromatic heterocycles. The molecule has 0 spiro atoms. The Hall–Kier alpha value is -1.78. The second-order valence-corrected chi connectivity index (χ2v) is 5.67. The van der Waals surface area contributed by atoms with Gasteiger partial charge in [-0.2, -0.15) is 0 Å². The molecule has 1 aromatic rings. The standard InChI is InChI=1S/C14H19NO4/c1-14(2,3)19-13(17)10-6-4-8-15(10)12(16)11-7-5-9-18-11/h5,7,9-10H,4,6,8H2,1-3H3/t10-/m0/s1. The summed E-state index contributed by atoms with van der Waals surface area (Å²) in [5, 5.41) is 0. The largest absolute Gasteiger partial charge is 0.459 e. The van der Waals surface area contributed by atoms with Crippen LogP contribution in [0.1, 0.15) is 44.2 Å². The van der Waals surface area contributed by atoms with Crippen molar-refractivity contribution in [2.24, 2.45) is 0 Å². The van der Waals surface area contributed by atoms with E-state index in [2.05, 4.69) is 0 Å². The second-order valence-electron chi connectivity index (χ2n) is 5.67. The van der Waals surface area contributed by atoms with Crippen molar-refractivity contribution >= 4 is 11.9 Å². The zero-order valence-electron chi connectivity index (χ0n) is 11.5. The lowest BCUT2D eigenvalue weighted by atomic mass is 10.1. The summed E-state index contributed by atoms with van der Waals surface area (Å²) in [4.78, 5) is 25.8. The van der Waals surface area contributed by atoms with Gasteiger partial charge in [0.25, 0.3) is 5.91 Å². The first-order chi connectivity index (χ1) is 8.88. The monoisotopic (exact) mass is 265 g/mol. The van der Waals surface area contributed by atoms with Gasteiger partial charge in [-0.05, 0) is 45.7 Å². The zero-order chi connectivity index (χ0) is 14.0. The summed E-state index contributed by atoms with van der Waals surface area (Å²) in [6.07, 6.45) is 2.89. The van der Waals surface area contributed by atoms with E-state index in [0.717, 1.165) is 6.42 Å². The van der Waals surface area contributed by atoms with E-state index in [4.69, 9.17) is 9.15 Å². The van der Waals surface area contributed by atoms with E-state index in [1.54, 1.807) is 12.1 Å². The Labute approximate surface area is 112 Å². The molecule has 0 unspecified atom stereocenters. The summed E-state index contributed by atoms with van der Waals surface area (Å²) in [6.45, 7) is 6.01. The fraction of sp³-hybridized carbons (Fsp3) is 0.571. The van der Waals surface area contributed by atoms with Crippen LogP contribution in [0.4, 0.5) is 0 Å². The molecule has 2 heterocycles. The minimum absolute atomic E-state index is 0.252. The number of ether oxygens (including phenoxy) is 1. The van der Waals surface area contributed by atoms with Crippen LogP contribution in [0.2, 0.25) is 0 Å². The fourth-order valence-electron chi connectivity index (χ4n) is 2.17. The van der Waals surface area contributed by atoms with Crippen molar-refractivity contribution in [3.63, 3.8) is 0 Å². The minimum Gasteiger partial charge on any atom is -0.459 e. The van der Waals surface area contributed by atoms with Gasteiger partial charge in [0.2, 0.25) is 0 Å². The van der Waals surface area contributed by atoms with E-state index in [-0.39, 0.29) is 17.6 Å². The predicted octanol–water partition coefficient (Wildman–Crippen LogP) is 2.23. The van der Waals surface area contributed by atoms with Crippen molar-refractivity contribution < 1.29 is 18.7 Å². The number of carbonyl (C=O) groups is 2. The Bertz CT molecular complexity index is 458. The zero-order valence-corrected chi connectivity index (χ0v) is 11.5. The molecule has 0 aliphatic carbocycles. The highest BCUT2D eigenvalue weighted by atomic mass is 16.6. The van der Waals surface area contributed by atoms with Crippen LogP contribution in [-0.4, -0.2) is 35.0 Å². The topological polar surface area (TPSA) is 59.8 Å². The third kappa shape index (κ3) is 3.16. The maximum Gasteiger partial charge on any atom is 0.329 e. The molecule has 1 aliphatic heterocycles. The second kappa shape index (κ2) is 5.07. The van der Waals surface area contributed by atoms with Gasteiger partial charge in [0.1, 0.15) is 11.6 Å². The Morgan fingerprint density at radius 1 is 1.42 bits per heavy atom. The summed E-state index contributed by atoms with van der Waals surface area (Å²) in [5.74, 6) is -0.335. The molecule has 0 radical (unpaired) electrons. The maximum atomic E-state index is 12.2. The highest BCUT2D eigenvalue weighted by Gasteiger charge is 2.37. The van der Waals surface area contributed by atoms with Crippen LogP contribution in [0.5, 0.6) is 0 Å². The number of rotatable bonds is 2. The summed E-state index contributed by atoms with van der Waals surface area (Å²) < 4.78 is 10.4. The summed E-state index contributed by atoms with van der Waals surface area (Å²) in [6, 6.07) is 2.76. The number of hydrogen-bond donors (Lipinski definition) is 0. The van der Waals surface area contributed by atoms with E-state index >= 15 is 0 Å². The van der Waals surface area contributed by atoms with Crippen LogP contribution < -0.4 is 0 Å². The molecular formula is C14H19NO4. The van der Waals surface area contributed by atoms with Crippen molar-refractivity contribution in [2.75, 3.05) is 6.54 Å². The molecule has 2 rings (SSSR count). The van der Waals surface area contributed by atoms with Crippen LogP contribution in [0.25, 0.3) is 0 Å². The molecule has 1 saturated heterocycles.